The normalized spacial score (nSPS) is 11.3. The molecule has 0 fully saturated rings. The van der Waals surface area contributed by atoms with Crippen LogP contribution in [0.3, 0.4) is 0 Å². The fraction of sp³-hybridized carbons (Fsp3) is 0.250. The van der Waals surface area contributed by atoms with Crippen LogP contribution in [0.1, 0.15) is 25.0 Å². The van der Waals surface area contributed by atoms with Gasteiger partial charge in [0, 0.05) is 6.04 Å². The van der Waals surface area contributed by atoms with E-state index in [1.54, 1.807) is 0 Å². The van der Waals surface area contributed by atoms with E-state index in [0.717, 1.165) is 6.42 Å². The molecular weight excluding hydrogens is 318 g/mol. The second kappa shape index (κ2) is 11.2. The van der Waals surface area contributed by atoms with Crippen molar-refractivity contribution >= 4 is 0 Å². The summed E-state index contributed by atoms with van der Waals surface area (Å²) in [5.74, 6) is 0. The third-order valence-corrected chi connectivity index (χ3v) is 4.00. The molecule has 0 saturated heterocycles. The van der Waals surface area contributed by atoms with Crippen molar-refractivity contribution in [2.75, 3.05) is 6.61 Å². The van der Waals surface area contributed by atoms with Gasteiger partial charge < -0.3 is 10.5 Å². The largest absolute Gasteiger partial charge is 0.375 e. The Bertz CT molecular complexity index is 723. The zero-order chi connectivity index (χ0) is 18.6. The van der Waals surface area contributed by atoms with Crippen molar-refractivity contribution in [3.05, 3.63) is 96.1 Å². The lowest BCUT2D eigenvalue weighted by molar-refractivity contribution is 0.108. The number of nitrogens with two attached hydrogens (primary N) is 1. The molecule has 0 radical (unpaired) electrons. The maximum absolute atomic E-state index is 6.19. The minimum Gasteiger partial charge on any atom is -0.375 e. The van der Waals surface area contributed by atoms with Gasteiger partial charge in [0.15, 0.2) is 0 Å². The zero-order valence-electron chi connectivity index (χ0n) is 15.8. The Morgan fingerprint density at radius 2 is 1.23 bits per heavy atom. The van der Waals surface area contributed by atoms with Crippen LogP contribution in [0.5, 0.6) is 0 Å². The van der Waals surface area contributed by atoms with Crippen molar-refractivity contribution < 1.29 is 4.74 Å². The summed E-state index contributed by atoms with van der Waals surface area (Å²) in [4.78, 5) is 0. The standard InChI is InChI=1S/C22H23NO.C2H6/c23-22(17-24-16-19-7-3-1-4-8-19)15-18-11-13-21(14-12-18)20-9-5-2-6-10-20;1-2/h1-14,22H,15-17,23H2;1-2H3. The molecule has 26 heavy (non-hydrogen) atoms. The predicted octanol–water partition coefficient (Wildman–Crippen LogP) is 5.47. The van der Waals surface area contributed by atoms with Crippen molar-refractivity contribution in [2.24, 2.45) is 5.73 Å². The molecule has 0 bridgehead atoms. The van der Waals surface area contributed by atoms with Gasteiger partial charge in [-0.3, -0.25) is 0 Å². The Labute approximate surface area is 157 Å². The maximum atomic E-state index is 6.19. The zero-order valence-corrected chi connectivity index (χ0v) is 15.8. The smallest absolute Gasteiger partial charge is 0.0717 e. The van der Waals surface area contributed by atoms with Gasteiger partial charge in [-0.15, -0.1) is 0 Å². The average molecular weight is 348 g/mol. The summed E-state index contributed by atoms with van der Waals surface area (Å²) in [5, 5.41) is 0. The summed E-state index contributed by atoms with van der Waals surface area (Å²) in [6.45, 7) is 5.18. The molecule has 1 atom stereocenters. The van der Waals surface area contributed by atoms with E-state index in [1.807, 2.05) is 38.1 Å². The molecule has 3 aromatic rings. The lowest BCUT2D eigenvalue weighted by atomic mass is 10.0. The van der Waals surface area contributed by atoms with Gasteiger partial charge in [0.1, 0.15) is 0 Å². The second-order valence-electron chi connectivity index (χ2n) is 6.03. The third kappa shape index (κ3) is 6.47. The monoisotopic (exact) mass is 347 g/mol. The molecule has 0 aliphatic heterocycles. The van der Waals surface area contributed by atoms with E-state index in [1.165, 1.54) is 22.3 Å². The Morgan fingerprint density at radius 1 is 0.692 bits per heavy atom. The summed E-state index contributed by atoms with van der Waals surface area (Å²) in [6, 6.07) is 29.2. The van der Waals surface area contributed by atoms with Crippen LogP contribution in [-0.4, -0.2) is 12.6 Å². The molecular formula is C24H29NO. The van der Waals surface area contributed by atoms with Crippen LogP contribution in [-0.2, 0) is 17.8 Å². The van der Waals surface area contributed by atoms with E-state index in [2.05, 4.69) is 60.7 Å². The molecule has 0 saturated carbocycles. The van der Waals surface area contributed by atoms with Crippen LogP contribution < -0.4 is 5.73 Å². The topological polar surface area (TPSA) is 35.2 Å². The minimum absolute atomic E-state index is 0.0105. The fourth-order valence-electron chi connectivity index (χ4n) is 2.73. The highest BCUT2D eigenvalue weighted by atomic mass is 16.5. The Hall–Kier alpha value is -2.42. The van der Waals surface area contributed by atoms with Gasteiger partial charge in [-0.05, 0) is 28.7 Å². The fourth-order valence-corrected chi connectivity index (χ4v) is 2.73. The molecule has 2 N–H and O–H groups in total. The van der Waals surface area contributed by atoms with Crippen LogP contribution in [0, 0.1) is 0 Å². The summed E-state index contributed by atoms with van der Waals surface area (Å²) in [7, 11) is 0. The first kappa shape index (κ1) is 19.9. The molecule has 136 valence electrons. The van der Waals surface area contributed by atoms with E-state index in [9.17, 15) is 0 Å². The molecule has 1 unspecified atom stereocenters. The summed E-state index contributed by atoms with van der Waals surface area (Å²) in [5.41, 5.74) is 11.1. The van der Waals surface area contributed by atoms with E-state index in [-0.39, 0.29) is 6.04 Å². The van der Waals surface area contributed by atoms with Crippen molar-refractivity contribution in [1.29, 1.82) is 0 Å². The van der Waals surface area contributed by atoms with Gasteiger partial charge in [0.25, 0.3) is 0 Å². The lowest BCUT2D eigenvalue weighted by Crippen LogP contribution is -2.28. The molecule has 0 spiro atoms. The number of hydrogen-bond acceptors (Lipinski definition) is 2. The predicted molar refractivity (Wildman–Crippen MR) is 111 cm³/mol. The summed E-state index contributed by atoms with van der Waals surface area (Å²) in [6.07, 6.45) is 0.823. The van der Waals surface area contributed by atoms with E-state index in [4.69, 9.17) is 10.5 Å². The van der Waals surface area contributed by atoms with Crippen LogP contribution in [0.4, 0.5) is 0 Å². The van der Waals surface area contributed by atoms with E-state index < -0.39 is 0 Å². The highest BCUT2D eigenvalue weighted by Gasteiger charge is 2.05. The van der Waals surface area contributed by atoms with Gasteiger partial charge in [-0.1, -0.05) is 98.8 Å². The first-order chi connectivity index (χ1) is 12.8. The number of rotatable bonds is 7. The summed E-state index contributed by atoms with van der Waals surface area (Å²) < 4.78 is 5.72. The first-order valence-electron chi connectivity index (χ1n) is 9.33. The SMILES string of the molecule is CC.NC(COCc1ccccc1)Cc1ccc(-c2ccccc2)cc1. The highest BCUT2D eigenvalue weighted by molar-refractivity contribution is 5.63. The number of hydrogen-bond donors (Lipinski definition) is 1. The molecule has 0 heterocycles. The van der Waals surface area contributed by atoms with Crippen LogP contribution in [0.15, 0.2) is 84.9 Å². The average Bonchev–Trinajstić information content (AvgIpc) is 2.71. The van der Waals surface area contributed by atoms with Crippen molar-refractivity contribution in [2.45, 2.75) is 32.9 Å². The quantitative estimate of drug-likeness (QED) is 0.615. The van der Waals surface area contributed by atoms with Crippen molar-refractivity contribution in [1.82, 2.24) is 0 Å². The minimum atomic E-state index is 0.0105. The lowest BCUT2D eigenvalue weighted by Gasteiger charge is -2.13. The molecule has 0 aliphatic carbocycles. The van der Waals surface area contributed by atoms with Gasteiger partial charge >= 0.3 is 0 Å². The molecule has 2 nitrogen and oxygen atoms in total. The Morgan fingerprint density at radius 3 is 1.85 bits per heavy atom. The summed E-state index contributed by atoms with van der Waals surface area (Å²) >= 11 is 0. The molecule has 0 aliphatic rings. The van der Waals surface area contributed by atoms with E-state index >= 15 is 0 Å². The first-order valence-corrected chi connectivity index (χ1v) is 9.33. The second-order valence-corrected chi connectivity index (χ2v) is 6.03. The van der Waals surface area contributed by atoms with Crippen LogP contribution in [0.25, 0.3) is 11.1 Å². The van der Waals surface area contributed by atoms with Gasteiger partial charge in [-0.2, -0.15) is 0 Å². The van der Waals surface area contributed by atoms with Crippen LogP contribution in [0.2, 0.25) is 0 Å². The van der Waals surface area contributed by atoms with Crippen LogP contribution >= 0.6 is 0 Å². The Balaban J connectivity index is 0.00000117. The number of benzene rings is 3. The molecule has 0 aromatic heterocycles. The Kier molecular flexibility index (Phi) is 8.61. The van der Waals surface area contributed by atoms with E-state index in [0.29, 0.717) is 13.2 Å². The van der Waals surface area contributed by atoms with Crippen molar-refractivity contribution in [3.8, 4) is 11.1 Å². The third-order valence-electron chi connectivity index (χ3n) is 4.00. The number of ether oxygens (including phenoxy) is 1. The highest BCUT2D eigenvalue weighted by Crippen LogP contribution is 2.19. The van der Waals surface area contributed by atoms with Gasteiger partial charge in [0.2, 0.25) is 0 Å². The molecule has 2 heteroatoms. The maximum Gasteiger partial charge on any atom is 0.0717 e. The van der Waals surface area contributed by atoms with Gasteiger partial charge in [-0.25, -0.2) is 0 Å². The van der Waals surface area contributed by atoms with Crippen molar-refractivity contribution in [3.63, 3.8) is 0 Å². The molecule has 3 aromatic carbocycles. The molecule has 3 rings (SSSR count). The van der Waals surface area contributed by atoms with Gasteiger partial charge in [0.05, 0.1) is 13.2 Å². The molecule has 0 amide bonds.